The number of carbonyl (C=O) groups is 1. The van der Waals surface area contributed by atoms with Crippen LogP contribution in [0.4, 0.5) is 23.7 Å². The quantitative estimate of drug-likeness (QED) is 0.229. The number of amides is 2. The second-order valence-electron chi connectivity index (χ2n) is 10.00. The van der Waals surface area contributed by atoms with Crippen molar-refractivity contribution in [2.24, 2.45) is 5.92 Å². The van der Waals surface area contributed by atoms with Gasteiger partial charge in [-0.3, -0.25) is 9.36 Å². The lowest BCUT2D eigenvalue weighted by Crippen LogP contribution is -2.41. The molecule has 1 atom stereocenters. The molecule has 2 amide bonds. The van der Waals surface area contributed by atoms with Gasteiger partial charge in [0.15, 0.2) is 0 Å². The van der Waals surface area contributed by atoms with Gasteiger partial charge in [0.05, 0.1) is 41.0 Å². The average Bonchev–Trinajstić information content (AvgIpc) is 2.92. The topological polar surface area (TPSA) is 76.5 Å². The minimum atomic E-state index is -4.66. The SMILES string of the molecule is COc1ccc(-n2c(C(C)N(CCC(C)C)C(=O)Nc3ccccc3C(F)(F)F)nc3cc(Cl)ccc3c2=O)cc1. The Balaban J connectivity index is 1.85. The number of halogens is 4. The number of nitrogens with zero attached hydrogens (tertiary/aromatic N) is 3. The van der Waals surface area contributed by atoms with E-state index in [2.05, 4.69) is 5.32 Å². The summed E-state index contributed by atoms with van der Waals surface area (Å²) in [5.41, 5.74) is -0.893. The lowest BCUT2D eigenvalue weighted by Gasteiger charge is -2.31. The van der Waals surface area contributed by atoms with Crippen molar-refractivity contribution in [2.75, 3.05) is 19.0 Å². The van der Waals surface area contributed by atoms with E-state index in [1.54, 1.807) is 49.4 Å². The number of ether oxygens (including phenoxy) is 1. The number of benzene rings is 3. The second-order valence-corrected chi connectivity index (χ2v) is 10.4. The number of urea groups is 1. The lowest BCUT2D eigenvalue weighted by atomic mass is 10.1. The standard InChI is InChI=1S/C30H30ClF3N4O3/c1-18(2)15-16-37(29(40)36-25-8-6-5-7-24(25)30(32,33)34)19(3)27-35-26-17-20(31)9-14-23(26)28(39)38(27)21-10-12-22(41-4)13-11-21/h5-14,17-19H,15-16H2,1-4H3,(H,36,40). The fraction of sp³-hybridized carbons (Fsp3) is 0.300. The molecule has 4 aromatic rings. The smallest absolute Gasteiger partial charge is 0.418 e. The van der Waals surface area contributed by atoms with Crippen LogP contribution in [-0.4, -0.2) is 34.1 Å². The molecule has 0 aliphatic rings. The van der Waals surface area contributed by atoms with Crippen molar-refractivity contribution in [1.29, 1.82) is 0 Å². The Morgan fingerprint density at radius 3 is 2.39 bits per heavy atom. The van der Waals surface area contributed by atoms with Crippen LogP contribution < -0.4 is 15.6 Å². The number of anilines is 1. The van der Waals surface area contributed by atoms with E-state index in [1.807, 2.05) is 13.8 Å². The first-order valence-corrected chi connectivity index (χ1v) is 13.4. The third kappa shape index (κ3) is 6.65. The van der Waals surface area contributed by atoms with Crippen LogP contribution in [0.15, 0.2) is 71.5 Å². The number of hydrogen-bond donors (Lipinski definition) is 1. The Bertz CT molecular complexity index is 1600. The fourth-order valence-electron chi connectivity index (χ4n) is 4.47. The van der Waals surface area contributed by atoms with Crippen molar-refractivity contribution in [2.45, 2.75) is 39.4 Å². The number of hydrogen-bond acceptors (Lipinski definition) is 4. The molecule has 3 aromatic carbocycles. The highest BCUT2D eigenvalue weighted by Gasteiger charge is 2.35. The molecule has 0 spiro atoms. The Labute approximate surface area is 240 Å². The van der Waals surface area contributed by atoms with E-state index < -0.39 is 23.8 Å². The summed E-state index contributed by atoms with van der Waals surface area (Å²) in [4.78, 5) is 33.6. The third-order valence-corrected chi connectivity index (χ3v) is 6.95. The van der Waals surface area contributed by atoms with Crippen molar-refractivity contribution in [1.82, 2.24) is 14.5 Å². The second kappa shape index (κ2) is 12.2. The first-order valence-electron chi connectivity index (χ1n) is 13.0. The van der Waals surface area contributed by atoms with E-state index in [0.717, 1.165) is 6.07 Å². The number of aromatic nitrogens is 2. The molecule has 41 heavy (non-hydrogen) atoms. The number of carbonyl (C=O) groups excluding carboxylic acids is 1. The van der Waals surface area contributed by atoms with E-state index in [9.17, 15) is 22.8 Å². The maximum atomic E-state index is 13.8. The van der Waals surface area contributed by atoms with E-state index in [0.29, 0.717) is 33.8 Å². The zero-order valence-corrected chi connectivity index (χ0v) is 23.8. The molecule has 0 radical (unpaired) electrons. The van der Waals surface area contributed by atoms with Gasteiger partial charge < -0.3 is 15.0 Å². The average molecular weight is 587 g/mol. The van der Waals surface area contributed by atoms with Crippen LogP contribution in [0.3, 0.4) is 0 Å². The van der Waals surface area contributed by atoms with Crippen molar-refractivity contribution in [3.8, 4) is 11.4 Å². The van der Waals surface area contributed by atoms with Gasteiger partial charge in [-0.1, -0.05) is 37.6 Å². The van der Waals surface area contributed by atoms with Crippen molar-refractivity contribution < 1.29 is 22.7 Å². The van der Waals surface area contributed by atoms with Gasteiger partial charge >= 0.3 is 12.2 Å². The molecule has 0 saturated heterocycles. The molecule has 1 heterocycles. The Kier molecular flexibility index (Phi) is 8.92. The van der Waals surface area contributed by atoms with Gasteiger partial charge in [-0.2, -0.15) is 13.2 Å². The molecule has 0 aliphatic carbocycles. The summed E-state index contributed by atoms with van der Waals surface area (Å²) in [6.45, 7) is 5.84. The van der Waals surface area contributed by atoms with E-state index in [4.69, 9.17) is 21.3 Å². The van der Waals surface area contributed by atoms with Crippen LogP contribution >= 0.6 is 11.6 Å². The summed E-state index contributed by atoms with van der Waals surface area (Å²) in [5.74, 6) is 0.989. The minimum Gasteiger partial charge on any atom is -0.497 e. The van der Waals surface area contributed by atoms with Gasteiger partial charge in [0.25, 0.3) is 5.56 Å². The Hall–Kier alpha value is -4.05. The monoisotopic (exact) mass is 586 g/mol. The van der Waals surface area contributed by atoms with Gasteiger partial charge in [0, 0.05) is 11.6 Å². The molecule has 1 N–H and O–H groups in total. The summed E-state index contributed by atoms with van der Waals surface area (Å²) in [5, 5.41) is 3.14. The number of rotatable bonds is 8. The van der Waals surface area contributed by atoms with Crippen LogP contribution in [0, 0.1) is 5.92 Å². The largest absolute Gasteiger partial charge is 0.497 e. The summed E-state index contributed by atoms with van der Waals surface area (Å²) in [6.07, 6.45) is -4.10. The zero-order valence-electron chi connectivity index (χ0n) is 23.0. The fourth-order valence-corrected chi connectivity index (χ4v) is 4.64. The van der Waals surface area contributed by atoms with Crippen molar-refractivity contribution in [3.05, 3.63) is 93.5 Å². The Morgan fingerprint density at radius 1 is 1.07 bits per heavy atom. The number of nitrogens with one attached hydrogen (secondary N) is 1. The summed E-state index contributed by atoms with van der Waals surface area (Å²) in [6, 6.07) is 14.7. The summed E-state index contributed by atoms with van der Waals surface area (Å²) >= 11 is 6.20. The molecule has 216 valence electrons. The third-order valence-electron chi connectivity index (χ3n) is 6.71. The lowest BCUT2D eigenvalue weighted by molar-refractivity contribution is -0.136. The highest BCUT2D eigenvalue weighted by molar-refractivity contribution is 6.31. The first-order chi connectivity index (χ1) is 19.4. The van der Waals surface area contributed by atoms with Crippen LogP contribution in [0.25, 0.3) is 16.6 Å². The molecule has 7 nitrogen and oxygen atoms in total. The van der Waals surface area contributed by atoms with Gasteiger partial charge in [0.2, 0.25) is 0 Å². The van der Waals surface area contributed by atoms with E-state index >= 15 is 0 Å². The van der Waals surface area contributed by atoms with Gasteiger partial charge in [-0.25, -0.2) is 9.78 Å². The predicted molar refractivity (Wildman–Crippen MR) is 154 cm³/mol. The minimum absolute atomic E-state index is 0.187. The molecule has 1 unspecified atom stereocenters. The van der Waals surface area contributed by atoms with Crippen molar-refractivity contribution in [3.63, 3.8) is 0 Å². The van der Waals surface area contributed by atoms with Gasteiger partial charge in [-0.15, -0.1) is 0 Å². The highest BCUT2D eigenvalue weighted by atomic mass is 35.5. The number of methoxy groups -OCH3 is 1. The molecule has 0 bridgehead atoms. The van der Waals surface area contributed by atoms with Crippen LogP contribution in [0.5, 0.6) is 5.75 Å². The molecular weight excluding hydrogens is 557 g/mol. The molecule has 0 saturated carbocycles. The highest BCUT2D eigenvalue weighted by Crippen LogP contribution is 2.35. The van der Waals surface area contributed by atoms with Crippen LogP contribution in [0.2, 0.25) is 5.02 Å². The molecule has 1 aromatic heterocycles. The first kappa shape index (κ1) is 29.9. The van der Waals surface area contributed by atoms with Crippen LogP contribution in [0.1, 0.15) is 44.6 Å². The molecule has 0 fully saturated rings. The predicted octanol–water partition coefficient (Wildman–Crippen LogP) is 7.71. The number of alkyl halides is 3. The normalized spacial score (nSPS) is 12.4. The molecule has 0 aliphatic heterocycles. The molecular formula is C30H30ClF3N4O3. The van der Waals surface area contributed by atoms with E-state index in [-0.39, 0.29) is 29.5 Å². The van der Waals surface area contributed by atoms with Crippen LogP contribution in [-0.2, 0) is 6.18 Å². The maximum Gasteiger partial charge on any atom is 0.418 e. The number of para-hydroxylation sites is 1. The van der Waals surface area contributed by atoms with E-state index in [1.165, 1.54) is 34.8 Å². The van der Waals surface area contributed by atoms with Crippen molar-refractivity contribution >= 4 is 34.2 Å². The Morgan fingerprint density at radius 2 is 1.76 bits per heavy atom. The van der Waals surface area contributed by atoms with Gasteiger partial charge in [0.1, 0.15) is 11.6 Å². The summed E-state index contributed by atoms with van der Waals surface area (Å²) < 4.78 is 47.6. The maximum absolute atomic E-state index is 13.8. The van der Waals surface area contributed by atoms with Gasteiger partial charge in [-0.05, 0) is 73.9 Å². The number of fused-ring (bicyclic) bond motifs is 1. The zero-order chi connectivity index (χ0) is 29.9. The summed E-state index contributed by atoms with van der Waals surface area (Å²) in [7, 11) is 1.53. The molecule has 11 heteroatoms. The molecule has 4 rings (SSSR count).